The molecule has 0 N–H and O–H groups in total. The number of nitriles is 1. The van der Waals surface area contributed by atoms with E-state index in [9.17, 15) is 0 Å². The topological polar surface area (TPSA) is 45.5 Å². The lowest BCUT2D eigenvalue weighted by atomic mass is 10.1. The average Bonchev–Trinajstić information content (AvgIpc) is 3.01. The fraction of sp³-hybridized carbons (Fsp3) is 0.588. The summed E-state index contributed by atoms with van der Waals surface area (Å²) in [4.78, 5) is 2.38. The maximum absolute atomic E-state index is 8.72. The molecule has 1 aliphatic heterocycles. The zero-order valence-electron chi connectivity index (χ0n) is 12.8. The second kappa shape index (κ2) is 8.66. The quantitative estimate of drug-likeness (QED) is 0.690. The Labute approximate surface area is 127 Å². The highest BCUT2D eigenvalue weighted by molar-refractivity contribution is 5.33. The smallest absolute Gasteiger partial charge is 0.123 e. The van der Waals surface area contributed by atoms with Crippen molar-refractivity contribution in [3.05, 3.63) is 29.8 Å². The number of hydrogen-bond acceptors (Lipinski definition) is 4. The number of rotatable bonds is 8. The molecule has 1 fully saturated rings. The van der Waals surface area contributed by atoms with E-state index in [1.165, 1.54) is 5.56 Å². The molecule has 21 heavy (non-hydrogen) atoms. The molecule has 114 valence electrons. The van der Waals surface area contributed by atoms with Gasteiger partial charge in [-0.1, -0.05) is 18.2 Å². The van der Waals surface area contributed by atoms with E-state index in [0.717, 1.165) is 51.3 Å². The van der Waals surface area contributed by atoms with Gasteiger partial charge in [-0.05, 0) is 31.9 Å². The summed E-state index contributed by atoms with van der Waals surface area (Å²) in [5.74, 6) is 0.926. The molecule has 1 aromatic rings. The third kappa shape index (κ3) is 5.04. The monoisotopic (exact) mass is 288 g/mol. The van der Waals surface area contributed by atoms with Crippen LogP contribution < -0.4 is 4.74 Å². The SMILES string of the molecule is COc1ccccc1CN(CCCC#N)C[C@@H]1CCCO1. The molecular formula is C17H24N2O2. The Morgan fingerprint density at radius 3 is 3.00 bits per heavy atom. The molecule has 1 aromatic carbocycles. The second-order valence-corrected chi connectivity index (χ2v) is 5.44. The lowest BCUT2D eigenvalue weighted by Gasteiger charge is -2.25. The lowest BCUT2D eigenvalue weighted by molar-refractivity contribution is 0.0700. The summed E-state index contributed by atoms with van der Waals surface area (Å²) in [5, 5.41) is 8.72. The van der Waals surface area contributed by atoms with Gasteiger partial charge < -0.3 is 9.47 Å². The molecule has 2 rings (SSSR count). The highest BCUT2D eigenvalue weighted by Crippen LogP contribution is 2.21. The van der Waals surface area contributed by atoms with Gasteiger partial charge in [0.25, 0.3) is 0 Å². The van der Waals surface area contributed by atoms with E-state index >= 15 is 0 Å². The van der Waals surface area contributed by atoms with Gasteiger partial charge in [-0.2, -0.15) is 5.26 Å². The largest absolute Gasteiger partial charge is 0.496 e. The van der Waals surface area contributed by atoms with E-state index in [1.807, 2.05) is 18.2 Å². The summed E-state index contributed by atoms with van der Waals surface area (Å²) >= 11 is 0. The van der Waals surface area contributed by atoms with Crippen LogP contribution in [0.4, 0.5) is 0 Å². The van der Waals surface area contributed by atoms with Gasteiger partial charge in [-0.15, -0.1) is 0 Å². The van der Waals surface area contributed by atoms with Crippen LogP contribution in [0.15, 0.2) is 24.3 Å². The first-order valence-corrected chi connectivity index (χ1v) is 7.66. The van der Waals surface area contributed by atoms with Crippen LogP contribution in [-0.4, -0.2) is 37.8 Å². The van der Waals surface area contributed by atoms with Crippen molar-refractivity contribution in [2.45, 2.75) is 38.3 Å². The Balaban J connectivity index is 1.97. The Morgan fingerprint density at radius 1 is 1.43 bits per heavy atom. The van der Waals surface area contributed by atoms with Crippen molar-refractivity contribution in [2.24, 2.45) is 0 Å². The van der Waals surface area contributed by atoms with Gasteiger partial charge in [-0.3, -0.25) is 4.90 Å². The Kier molecular flexibility index (Phi) is 6.52. The fourth-order valence-electron chi connectivity index (χ4n) is 2.77. The van der Waals surface area contributed by atoms with Crippen molar-refractivity contribution in [2.75, 3.05) is 26.8 Å². The van der Waals surface area contributed by atoms with Gasteiger partial charge in [0, 0.05) is 31.7 Å². The van der Waals surface area contributed by atoms with Gasteiger partial charge >= 0.3 is 0 Å². The zero-order valence-corrected chi connectivity index (χ0v) is 12.8. The highest BCUT2D eigenvalue weighted by atomic mass is 16.5. The van der Waals surface area contributed by atoms with Crippen molar-refractivity contribution in [1.82, 2.24) is 4.90 Å². The maximum atomic E-state index is 8.72. The molecule has 4 nitrogen and oxygen atoms in total. The van der Waals surface area contributed by atoms with Gasteiger partial charge in [0.1, 0.15) is 5.75 Å². The molecule has 0 bridgehead atoms. The van der Waals surface area contributed by atoms with Gasteiger partial charge in [0.05, 0.1) is 19.3 Å². The van der Waals surface area contributed by atoms with Crippen molar-refractivity contribution < 1.29 is 9.47 Å². The molecule has 0 aromatic heterocycles. The molecule has 0 spiro atoms. The van der Waals surface area contributed by atoms with Crippen LogP contribution in [0.1, 0.15) is 31.2 Å². The summed E-state index contributed by atoms with van der Waals surface area (Å²) in [5.41, 5.74) is 1.19. The van der Waals surface area contributed by atoms with Crippen LogP contribution in [0.25, 0.3) is 0 Å². The number of hydrogen-bond donors (Lipinski definition) is 0. The molecule has 0 amide bonds. The third-order valence-electron chi connectivity index (χ3n) is 3.84. The van der Waals surface area contributed by atoms with Crippen LogP contribution in [0, 0.1) is 11.3 Å². The zero-order chi connectivity index (χ0) is 14.9. The Bertz CT molecular complexity index is 464. The van der Waals surface area contributed by atoms with E-state index in [1.54, 1.807) is 7.11 Å². The summed E-state index contributed by atoms with van der Waals surface area (Å²) in [6.07, 6.45) is 4.14. The third-order valence-corrected chi connectivity index (χ3v) is 3.84. The van der Waals surface area contributed by atoms with Crippen LogP contribution in [0.5, 0.6) is 5.75 Å². The molecule has 0 radical (unpaired) electrons. The summed E-state index contributed by atoms with van der Waals surface area (Å²) in [6.45, 7) is 3.58. The first kappa shape index (κ1) is 15.8. The molecule has 0 aliphatic carbocycles. The number of methoxy groups -OCH3 is 1. The Morgan fingerprint density at radius 2 is 2.29 bits per heavy atom. The maximum Gasteiger partial charge on any atom is 0.123 e. The molecule has 0 saturated carbocycles. The van der Waals surface area contributed by atoms with Gasteiger partial charge in [-0.25, -0.2) is 0 Å². The van der Waals surface area contributed by atoms with E-state index in [2.05, 4.69) is 17.0 Å². The molecule has 0 unspecified atom stereocenters. The average molecular weight is 288 g/mol. The molecule has 1 heterocycles. The van der Waals surface area contributed by atoms with Crippen LogP contribution >= 0.6 is 0 Å². The number of para-hydroxylation sites is 1. The van der Waals surface area contributed by atoms with Crippen LogP contribution in [-0.2, 0) is 11.3 Å². The van der Waals surface area contributed by atoms with E-state index in [-0.39, 0.29) is 0 Å². The highest BCUT2D eigenvalue weighted by Gasteiger charge is 2.19. The van der Waals surface area contributed by atoms with E-state index < -0.39 is 0 Å². The molecule has 1 saturated heterocycles. The molecular weight excluding hydrogens is 264 g/mol. The Hall–Kier alpha value is -1.57. The normalized spacial score (nSPS) is 17.9. The summed E-state index contributed by atoms with van der Waals surface area (Å²) in [6, 6.07) is 10.3. The minimum atomic E-state index is 0.335. The van der Waals surface area contributed by atoms with Crippen molar-refractivity contribution in [1.29, 1.82) is 5.26 Å². The molecule has 1 atom stereocenters. The number of benzene rings is 1. The van der Waals surface area contributed by atoms with Crippen LogP contribution in [0.2, 0.25) is 0 Å². The van der Waals surface area contributed by atoms with E-state index in [4.69, 9.17) is 14.7 Å². The second-order valence-electron chi connectivity index (χ2n) is 5.44. The first-order chi connectivity index (χ1) is 10.3. The number of ether oxygens (including phenoxy) is 2. The van der Waals surface area contributed by atoms with E-state index in [0.29, 0.717) is 12.5 Å². The molecule has 4 heteroatoms. The van der Waals surface area contributed by atoms with Gasteiger partial charge in [0.2, 0.25) is 0 Å². The summed E-state index contributed by atoms with van der Waals surface area (Å²) in [7, 11) is 1.71. The minimum Gasteiger partial charge on any atom is -0.496 e. The minimum absolute atomic E-state index is 0.335. The van der Waals surface area contributed by atoms with Crippen LogP contribution in [0.3, 0.4) is 0 Å². The van der Waals surface area contributed by atoms with Crippen molar-refractivity contribution >= 4 is 0 Å². The van der Waals surface area contributed by atoms with Crippen molar-refractivity contribution in [3.8, 4) is 11.8 Å². The predicted molar refractivity (Wildman–Crippen MR) is 82.1 cm³/mol. The first-order valence-electron chi connectivity index (χ1n) is 7.66. The van der Waals surface area contributed by atoms with Gasteiger partial charge in [0.15, 0.2) is 0 Å². The number of unbranched alkanes of at least 4 members (excludes halogenated alkanes) is 1. The molecule has 1 aliphatic rings. The standard InChI is InChI=1S/C17H24N2O2/c1-20-17-9-3-2-7-15(17)13-19(11-5-4-10-18)14-16-8-6-12-21-16/h2-3,7,9,16H,4-6,8,11-14H2,1H3/t16-/m0/s1. The predicted octanol–water partition coefficient (Wildman–Crippen LogP) is 2.98. The number of nitrogens with zero attached hydrogens (tertiary/aromatic N) is 2. The lowest BCUT2D eigenvalue weighted by Crippen LogP contribution is -2.32. The fourth-order valence-corrected chi connectivity index (χ4v) is 2.77. The van der Waals surface area contributed by atoms with Crippen molar-refractivity contribution in [3.63, 3.8) is 0 Å². The summed E-state index contributed by atoms with van der Waals surface area (Å²) < 4.78 is 11.2.